The Morgan fingerprint density at radius 2 is 1.87 bits per heavy atom. The van der Waals surface area contributed by atoms with Crippen LogP contribution in [0.2, 0.25) is 0 Å². The van der Waals surface area contributed by atoms with Gasteiger partial charge in [0.25, 0.3) is 5.79 Å². The predicted octanol–water partition coefficient (Wildman–Crippen LogP) is 1.53. The van der Waals surface area contributed by atoms with Gasteiger partial charge in [-0.3, -0.25) is 0 Å². The molecule has 0 saturated carbocycles. The van der Waals surface area contributed by atoms with Gasteiger partial charge in [-0.15, -0.1) is 0 Å². The van der Waals surface area contributed by atoms with Gasteiger partial charge in [-0.1, -0.05) is 0 Å². The van der Waals surface area contributed by atoms with Gasteiger partial charge in [-0.2, -0.15) is 0 Å². The summed E-state index contributed by atoms with van der Waals surface area (Å²) >= 11 is 0. The first-order valence-corrected chi connectivity index (χ1v) is 6.58. The number of carboxylic acids is 1. The van der Waals surface area contributed by atoms with Crippen LogP contribution in [0.25, 0.3) is 0 Å². The zero-order valence-corrected chi connectivity index (χ0v) is 12.7. The Balaban J connectivity index is 2.24. The van der Waals surface area contributed by atoms with E-state index in [1.165, 1.54) is 39.2 Å². The average molecular weight is 321 g/mol. The number of ether oxygens (including phenoxy) is 3. The topological polar surface area (TPSA) is 111 Å². The summed E-state index contributed by atoms with van der Waals surface area (Å²) in [5.74, 6) is -3.82. The molecule has 0 bridgehead atoms. The molecular formula is C15H15NO7. The van der Waals surface area contributed by atoms with Crippen LogP contribution in [0.5, 0.6) is 5.75 Å². The van der Waals surface area contributed by atoms with Gasteiger partial charge in [0, 0.05) is 20.0 Å². The SMILES string of the molecule is COc1cc(C(=O)O)ccc1NC=C1C(=O)OC(C)(C)OC1=O. The first-order chi connectivity index (χ1) is 10.7. The van der Waals surface area contributed by atoms with Crippen LogP contribution in [0.1, 0.15) is 24.2 Å². The van der Waals surface area contributed by atoms with Crippen molar-refractivity contribution in [2.75, 3.05) is 12.4 Å². The number of carbonyl (C=O) groups excluding carboxylic acids is 2. The lowest BCUT2D eigenvalue weighted by atomic mass is 10.2. The number of carboxylic acid groups (broad SMARTS) is 1. The fourth-order valence-corrected chi connectivity index (χ4v) is 1.87. The van der Waals surface area contributed by atoms with E-state index in [1.54, 1.807) is 0 Å². The molecule has 1 saturated heterocycles. The monoisotopic (exact) mass is 321 g/mol. The van der Waals surface area contributed by atoms with E-state index in [9.17, 15) is 14.4 Å². The van der Waals surface area contributed by atoms with Gasteiger partial charge in [-0.05, 0) is 18.2 Å². The summed E-state index contributed by atoms with van der Waals surface area (Å²) in [5, 5.41) is 11.6. The van der Waals surface area contributed by atoms with Crippen molar-refractivity contribution < 1.29 is 33.7 Å². The Kier molecular flexibility index (Phi) is 4.26. The van der Waals surface area contributed by atoms with Gasteiger partial charge in [0.2, 0.25) is 0 Å². The Bertz CT molecular complexity index is 684. The Hall–Kier alpha value is -3.03. The van der Waals surface area contributed by atoms with E-state index in [4.69, 9.17) is 19.3 Å². The van der Waals surface area contributed by atoms with Crippen LogP contribution in [-0.2, 0) is 19.1 Å². The molecule has 8 nitrogen and oxygen atoms in total. The van der Waals surface area contributed by atoms with E-state index in [2.05, 4.69) is 5.32 Å². The molecule has 2 rings (SSSR count). The number of anilines is 1. The van der Waals surface area contributed by atoms with Crippen molar-refractivity contribution in [3.63, 3.8) is 0 Å². The minimum absolute atomic E-state index is 0.0401. The van der Waals surface area contributed by atoms with Crippen LogP contribution in [0.3, 0.4) is 0 Å². The van der Waals surface area contributed by atoms with E-state index in [0.717, 1.165) is 6.20 Å². The lowest BCUT2D eigenvalue weighted by Gasteiger charge is -2.29. The normalized spacial score (nSPS) is 16.2. The smallest absolute Gasteiger partial charge is 0.350 e. The van der Waals surface area contributed by atoms with Crippen LogP contribution < -0.4 is 10.1 Å². The standard InChI is InChI=1S/C15H15NO7/c1-15(2)22-13(19)9(14(20)23-15)7-16-10-5-4-8(12(17)18)6-11(10)21-3/h4-7,16H,1-3H3,(H,17,18). The van der Waals surface area contributed by atoms with Crippen molar-refractivity contribution in [3.8, 4) is 5.75 Å². The van der Waals surface area contributed by atoms with Crippen molar-refractivity contribution >= 4 is 23.6 Å². The maximum Gasteiger partial charge on any atom is 0.350 e. The van der Waals surface area contributed by atoms with E-state index < -0.39 is 23.7 Å². The summed E-state index contributed by atoms with van der Waals surface area (Å²) < 4.78 is 15.0. The number of nitrogens with one attached hydrogen (secondary N) is 1. The quantitative estimate of drug-likeness (QED) is 0.488. The maximum atomic E-state index is 11.8. The summed E-state index contributed by atoms with van der Waals surface area (Å²) in [6, 6.07) is 4.11. The van der Waals surface area contributed by atoms with Gasteiger partial charge in [-0.25, -0.2) is 14.4 Å². The van der Waals surface area contributed by atoms with Crippen LogP contribution in [0.4, 0.5) is 5.69 Å². The Morgan fingerprint density at radius 1 is 1.26 bits per heavy atom. The summed E-state index contributed by atoms with van der Waals surface area (Å²) in [7, 11) is 1.37. The number of hydrogen-bond acceptors (Lipinski definition) is 7. The van der Waals surface area contributed by atoms with Crippen molar-refractivity contribution in [1.29, 1.82) is 0 Å². The molecule has 0 amide bonds. The van der Waals surface area contributed by atoms with Crippen molar-refractivity contribution in [2.24, 2.45) is 0 Å². The molecule has 23 heavy (non-hydrogen) atoms. The molecule has 0 unspecified atom stereocenters. The lowest BCUT2D eigenvalue weighted by molar-refractivity contribution is -0.222. The van der Waals surface area contributed by atoms with Gasteiger partial charge in [0.15, 0.2) is 5.57 Å². The van der Waals surface area contributed by atoms with Crippen molar-refractivity contribution in [3.05, 3.63) is 35.5 Å². The van der Waals surface area contributed by atoms with E-state index in [0.29, 0.717) is 5.69 Å². The summed E-state index contributed by atoms with van der Waals surface area (Å²) in [4.78, 5) is 34.5. The third-order valence-electron chi connectivity index (χ3n) is 2.94. The van der Waals surface area contributed by atoms with Gasteiger partial charge in [0.1, 0.15) is 5.75 Å². The van der Waals surface area contributed by atoms with Crippen molar-refractivity contribution in [2.45, 2.75) is 19.6 Å². The van der Waals surface area contributed by atoms with Gasteiger partial charge < -0.3 is 24.6 Å². The van der Waals surface area contributed by atoms with Crippen molar-refractivity contribution in [1.82, 2.24) is 0 Å². The highest BCUT2D eigenvalue weighted by molar-refractivity contribution is 6.15. The van der Waals surface area contributed by atoms with Crippen LogP contribution in [0.15, 0.2) is 30.0 Å². The molecule has 0 atom stereocenters. The molecule has 1 aliphatic rings. The number of esters is 2. The minimum Gasteiger partial charge on any atom is -0.495 e. The Labute approximate surface area is 131 Å². The maximum absolute atomic E-state index is 11.8. The molecule has 1 fully saturated rings. The minimum atomic E-state index is -1.31. The number of cyclic esters (lactones) is 2. The first kappa shape index (κ1) is 16.3. The van der Waals surface area contributed by atoms with Gasteiger partial charge >= 0.3 is 17.9 Å². The van der Waals surface area contributed by atoms with E-state index in [-0.39, 0.29) is 16.9 Å². The van der Waals surface area contributed by atoms with E-state index in [1.807, 2.05) is 0 Å². The van der Waals surface area contributed by atoms with E-state index >= 15 is 0 Å². The highest BCUT2D eigenvalue weighted by Gasteiger charge is 2.38. The molecule has 8 heteroatoms. The summed E-state index contributed by atoms with van der Waals surface area (Å²) in [6.45, 7) is 2.89. The second-order valence-corrected chi connectivity index (χ2v) is 5.10. The highest BCUT2D eigenvalue weighted by Crippen LogP contribution is 2.27. The average Bonchev–Trinajstić information content (AvgIpc) is 2.45. The highest BCUT2D eigenvalue weighted by atomic mass is 16.7. The molecule has 1 heterocycles. The van der Waals surface area contributed by atoms with Crippen LogP contribution >= 0.6 is 0 Å². The molecule has 0 spiro atoms. The largest absolute Gasteiger partial charge is 0.495 e. The second kappa shape index (κ2) is 5.99. The molecule has 0 aromatic heterocycles. The van der Waals surface area contributed by atoms with Crippen LogP contribution in [0, 0.1) is 0 Å². The second-order valence-electron chi connectivity index (χ2n) is 5.10. The lowest BCUT2D eigenvalue weighted by Crippen LogP contribution is -2.42. The van der Waals surface area contributed by atoms with Crippen LogP contribution in [-0.4, -0.2) is 35.9 Å². The number of rotatable bonds is 4. The number of aromatic carboxylic acids is 1. The fourth-order valence-electron chi connectivity index (χ4n) is 1.87. The molecule has 2 N–H and O–H groups in total. The zero-order valence-electron chi connectivity index (χ0n) is 12.7. The number of methoxy groups -OCH3 is 1. The molecule has 1 aromatic rings. The predicted molar refractivity (Wildman–Crippen MR) is 77.9 cm³/mol. The summed E-state index contributed by atoms with van der Waals surface area (Å²) in [6.07, 6.45) is 1.12. The fraction of sp³-hybridized carbons (Fsp3) is 0.267. The number of hydrogen-bond donors (Lipinski definition) is 2. The Morgan fingerprint density at radius 3 is 2.39 bits per heavy atom. The molecule has 1 aromatic carbocycles. The van der Waals surface area contributed by atoms with Gasteiger partial charge in [0.05, 0.1) is 18.4 Å². The zero-order chi connectivity index (χ0) is 17.2. The third-order valence-corrected chi connectivity index (χ3v) is 2.94. The molecule has 0 radical (unpaired) electrons. The number of benzene rings is 1. The third kappa shape index (κ3) is 3.60. The molecule has 1 aliphatic heterocycles. The molecule has 122 valence electrons. The first-order valence-electron chi connectivity index (χ1n) is 6.58. The summed E-state index contributed by atoms with van der Waals surface area (Å²) in [5.41, 5.74) is 0.0995. The number of carbonyl (C=O) groups is 3. The molecule has 0 aliphatic carbocycles. The molecular weight excluding hydrogens is 306 g/mol.